The van der Waals surface area contributed by atoms with Crippen LogP contribution < -0.4 is 9.47 Å². The van der Waals surface area contributed by atoms with E-state index in [0.717, 1.165) is 10.4 Å². The fourth-order valence-electron chi connectivity index (χ4n) is 1.72. The number of rotatable bonds is 5. The second kappa shape index (κ2) is 5.84. The van der Waals surface area contributed by atoms with Gasteiger partial charge in [0.15, 0.2) is 11.5 Å². The molecule has 0 spiro atoms. The van der Waals surface area contributed by atoms with Crippen molar-refractivity contribution in [2.45, 2.75) is 12.5 Å². The van der Waals surface area contributed by atoms with Crippen molar-refractivity contribution in [1.82, 2.24) is 4.98 Å². The fraction of sp³-hybridized carbons (Fsp3) is 0.308. The molecule has 1 unspecified atom stereocenters. The van der Waals surface area contributed by atoms with Gasteiger partial charge in [0.05, 0.1) is 30.7 Å². The second-order valence-electron chi connectivity index (χ2n) is 3.81. The maximum Gasteiger partial charge on any atom is 0.160 e. The highest BCUT2D eigenvalue weighted by Crippen LogP contribution is 2.30. The lowest BCUT2D eigenvalue weighted by atomic mass is 10.1. The third-order valence-corrected chi connectivity index (χ3v) is 3.53. The maximum atomic E-state index is 10.1. The van der Waals surface area contributed by atoms with E-state index in [-0.39, 0.29) is 0 Å². The lowest BCUT2D eigenvalue weighted by Gasteiger charge is -2.11. The first-order valence-corrected chi connectivity index (χ1v) is 6.40. The second-order valence-corrected chi connectivity index (χ2v) is 4.73. The van der Waals surface area contributed by atoms with Gasteiger partial charge < -0.3 is 14.6 Å². The molecule has 1 atom stereocenters. The first kappa shape index (κ1) is 12.9. The van der Waals surface area contributed by atoms with Gasteiger partial charge in [-0.2, -0.15) is 0 Å². The van der Waals surface area contributed by atoms with Gasteiger partial charge in [-0.3, -0.25) is 4.98 Å². The molecule has 0 saturated carbocycles. The topological polar surface area (TPSA) is 51.6 Å². The number of methoxy groups -OCH3 is 2. The molecule has 96 valence electrons. The first-order valence-electron chi connectivity index (χ1n) is 5.52. The summed E-state index contributed by atoms with van der Waals surface area (Å²) in [4.78, 5) is 4.83. The fourth-order valence-corrected chi connectivity index (χ4v) is 2.33. The molecule has 0 bridgehead atoms. The predicted octanol–water partition coefficient (Wildman–Crippen LogP) is 2.44. The average molecular weight is 265 g/mol. The maximum absolute atomic E-state index is 10.1. The number of aromatic nitrogens is 1. The van der Waals surface area contributed by atoms with Crippen LogP contribution in [0, 0.1) is 0 Å². The van der Waals surface area contributed by atoms with E-state index in [1.807, 2.05) is 18.2 Å². The van der Waals surface area contributed by atoms with Crippen LogP contribution in [0.2, 0.25) is 0 Å². The van der Waals surface area contributed by atoms with Gasteiger partial charge in [0.2, 0.25) is 0 Å². The number of hydrogen-bond donors (Lipinski definition) is 1. The van der Waals surface area contributed by atoms with Crippen LogP contribution in [-0.4, -0.2) is 24.3 Å². The summed E-state index contributed by atoms with van der Waals surface area (Å²) in [6.07, 6.45) is 1.69. The quantitative estimate of drug-likeness (QED) is 0.902. The minimum absolute atomic E-state index is 0.530. The van der Waals surface area contributed by atoms with Crippen LogP contribution in [0.25, 0.3) is 0 Å². The molecule has 2 rings (SSSR count). The summed E-state index contributed by atoms with van der Waals surface area (Å²) in [6.45, 7) is 0. The zero-order chi connectivity index (χ0) is 13.0. The molecule has 0 aliphatic heterocycles. The molecule has 0 fully saturated rings. The van der Waals surface area contributed by atoms with Gasteiger partial charge in [-0.15, -0.1) is 11.3 Å². The molecule has 0 saturated heterocycles. The molecule has 2 aromatic rings. The third-order valence-electron chi connectivity index (χ3n) is 2.66. The molecule has 5 heteroatoms. The molecular formula is C13H15NO3S. The van der Waals surface area contributed by atoms with Gasteiger partial charge in [-0.25, -0.2) is 0 Å². The van der Waals surface area contributed by atoms with Crippen molar-refractivity contribution >= 4 is 11.3 Å². The lowest BCUT2D eigenvalue weighted by Crippen LogP contribution is -2.00. The van der Waals surface area contributed by atoms with Crippen LogP contribution in [0.1, 0.15) is 16.5 Å². The van der Waals surface area contributed by atoms with Gasteiger partial charge in [-0.1, -0.05) is 6.07 Å². The molecule has 0 aliphatic rings. The standard InChI is InChI=1S/C13H15NO3S/c1-16-11-4-3-9(6-12(11)17-2)5-10(15)13-7-14-8-18-13/h3-4,6-8,10,15H,5H2,1-2H3. The predicted molar refractivity (Wildman–Crippen MR) is 70.3 cm³/mol. The van der Waals surface area contributed by atoms with Crippen molar-refractivity contribution in [3.63, 3.8) is 0 Å². The van der Waals surface area contributed by atoms with Crippen LogP contribution in [0.5, 0.6) is 11.5 Å². The number of aliphatic hydroxyl groups excluding tert-OH is 1. The van der Waals surface area contributed by atoms with Gasteiger partial charge >= 0.3 is 0 Å². The molecule has 0 amide bonds. The van der Waals surface area contributed by atoms with E-state index in [0.29, 0.717) is 17.9 Å². The third kappa shape index (κ3) is 2.80. The Labute approximate surface area is 110 Å². The number of benzene rings is 1. The number of nitrogens with zero attached hydrogens (tertiary/aromatic N) is 1. The number of thiazole rings is 1. The summed E-state index contributed by atoms with van der Waals surface area (Å²) in [5.74, 6) is 1.36. The van der Waals surface area contributed by atoms with E-state index in [4.69, 9.17) is 9.47 Å². The highest BCUT2D eigenvalue weighted by atomic mass is 32.1. The Balaban J connectivity index is 2.14. The molecule has 0 aliphatic carbocycles. The van der Waals surface area contributed by atoms with E-state index < -0.39 is 6.10 Å². The van der Waals surface area contributed by atoms with E-state index in [1.165, 1.54) is 11.3 Å². The number of ether oxygens (including phenoxy) is 2. The van der Waals surface area contributed by atoms with Crippen molar-refractivity contribution in [1.29, 1.82) is 0 Å². The Hall–Kier alpha value is -1.59. The Morgan fingerprint density at radius 2 is 2.06 bits per heavy atom. The Morgan fingerprint density at radius 1 is 1.28 bits per heavy atom. The zero-order valence-corrected chi connectivity index (χ0v) is 11.1. The first-order chi connectivity index (χ1) is 8.74. The summed E-state index contributed by atoms with van der Waals surface area (Å²) in [6, 6.07) is 5.64. The average Bonchev–Trinajstić information content (AvgIpc) is 2.92. The number of hydrogen-bond acceptors (Lipinski definition) is 5. The molecule has 0 radical (unpaired) electrons. The van der Waals surface area contributed by atoms with Gasteiger partial charge in [0, 0.05) is 12.6 Å². The molecule has 1 N–H and O–H groups in total. The van der Waals surface area contributed by atoms with E-state index >= 15 is 0 Å². The molecule has 1 heterocycles. The van der Waals surface area contributed by atoms with Gasteiger partial charge in [0.25, 0.3) is 0 Å². The van der Waals surface area contributed by atoms with Crippen molar-refractivity contribution in [3.8, 4) is 11.5 Å². The highest BCUT2D eigenvalue weighted by Gasteiger charge is 2.12. The lowest BCUT2D eigenvalue weighted by molar-refractivity contribution is 0.182. The monoisotopic (exact) mass is 265 g/mol. The highest BCUT2D eigenvalue weighted by molar-refractivity contribution is 7.09. The molecule has 1 aromatic carbocycles. The molecular weight excluding hydrogens is 250 g/mol. The van der Waals surface area contributed by atoms with Crippen molar-refractivity contribution in [2.24, 2.45) is 0 Å². The van der Waals surface area contributed by atoms with Crippen molar-refractivity contribution < 1.29 is 14.6 Å². The zero-order valence-electron chi connectivity index (χ0n) is 10.3. The normalized spacial score (nSPS) is 12.2. The van der Waals surface area contributed by atoms with E-state index in [9.17, 15) is 5.11 Å². The SMILES string of the molecule is COc1ccc(CC(O)c2cncs2)cc1OC. The summed E-state index contributed by atoms with van der Waals surface area (Å²) in [5, 5.41) is 10.1. The van der Waals surface area contributed by atoms with Gasteiger partial charge in [-0.05, 0) is 17.7 Å². The smallest absolute Gasteiger partial charge is 0.160 e. The number of aliphatic hydroxyl groups is 1. The summed E-state index contributed by atoms with van der Waals surface area (Å²) in [5.41, 5.74) is 2.71. The summed E-state index contributed by atoms with van der Waals surface area (Å²) >= 11 is 1.45. The molecule has 4 nitrogen and oxygen atoms in total. The minimum atomic E-state index is -0.532. The Bertz CT molecular complexity index is 499. The summed E-state index contributed by atoms with van der Waals surface area (Å²) in [7, 11) is 3.20. The Morgan fingerprint density at radius 3 is 2.67 bits per heavy atom. The van der Waals surface area contributed by atoms with Crippen LogP contribution in [-0.2, 0) is 6.42 Å². The van der Waals surface area contributed by atoms with Crippen LogP contribution in [0.15, 0.2) is 29.9 Å². The van der Waals surface area contributed by atoms with Crippen LogP contribution in [0.3, 0.4) is 0 Å². The Kier molecular flexibility index (Phi) is 4.17. The van der Waals surface area contributed by atoms with E-state index in [2.05, 4.69) is 4.98 Å². The largest absolute Gasteiger partial charge is 0.493 e. The van der Waals surface area contributed by atoms with Crippen LogP contribution >= 0.6 is 11.3 Å². The minimum Gasteiger partial charge on any atom is -0.493 e. The van der Waals surface area contributed by atoms with Crippen molar-refractivity contribution in [2.75, 3.05) is 14.2 Å². The molecule has 1 aromatic heterocycles. The van der Waals surface area contributed by atoms with Crippen LogP contribution in [0.4, 0.5) is 0 Å². The van der Waals surface area contributed by atoms with Gasteiger partial charge in [0.1, 0.15) is 0 Å². The summed E-state index contributed by atoms with van der Waals surface area (Å²) < 4.78 is 10.4. The van der Waals surface area contributed by atoms with E-state index in [1.54, 1.807) is 25.9 Å². The van der Waals surface area contributed by atoms with Crippen molar-refractivity contribution in [3.05, 3.63) is 40.3 Å². The molecule has 18 heavy (non-hydrogen) atoms.